The van der Waals surface area contributed by atoms with Gasteiger partial charge in [0.05, 0.1) is 12.5 Å². The van der Waals surface area contributed by atoms with Gasteiger partial charge in [0.25, 0.3) is 0 Å². The van der Waals surface area contributed by atoms with Crippen LogP contribution in [0.5, 0.6) is 0 Å². The molecule has 1 amide bonds. The molecule has 0 aliphatic carbocycles. The summed E-state index contributed by atoms with van der Waals surface area (Å²) in [5, 5.41) is 7.22. The molecule has 25 heavy (non-hydrogen) atoms. The number of rotatable bonds is 4. The first kappa shape index (κ1) is 15.6. The largest absolute Gasteiger partial charge is 0.352 e. The minimum absolute atomic E-state index is 0.0298. The van der Waals surface area contributed by atoms with Crippen LogP contribution < -0.4 is 5.32 Å². The zero-order chi connectivity index (χ0) is 17.1. The van der Waals surface area contributed by atoms with Crippen LogP contribution in [0.1, 0.15) is 17.8 Å². The monoisotopic (exact) mass is 332 g/mol. The Labute approximate surface area is 146 Å². The summed E-state index contributed by atoms with van der Waals surface area (Å²) in [4.78, 5) is 16.6. The average Bonchev–Trinajstić information content (AvgIpc) is 3.15. The van der Waals surface area contributed by atoms with Gasteiger partial charge in [-0.15, -0.1) is 0 Å². The van der Waals surface area contributed by atoms with E-state index in [1.807, 2.05) is 22.9 Å². The Morgan fingerprint density at radius 3 is 2.64 bits per heavy atom. The van der Waals surface area contributed by atoms with Crippen LogP contribution in [0.3, 0.4) is 0 Å². The summed E-state index contributed by atoms with van der Waals surface area (Å²) in [6.45, 7) is 1.17. The van der Waals surface area contributed by atoms with E-state index in [1.165, 1.54) is 11.1 Å². The number of hydrogen-bond donors (Lipinski definition) is 1. The Balaban J connectivity index is 1.35. The van der Waals surface area contributed by atoms with Gasteiger partial charge in [0.2, 0.25) is 5.91 Å². The van der Waals surface area contributed by atoms with Crippen molar-refractivity contribution in [2.75, 3.05) is 0 Å². The number of nitrogens with zero attached hydrogens (tertiary/aromatic N) is 3. The Hall–Kier alpha value is -2.95. The number of fused-ring (bicyclic) bond motifs is 1. The van der Waals surface area contributed by atoms with Crippen LogP contribution in [0.25, 0.3) is 11.1 Å². The second kappa shape index (κ2) is 6.89. The quantitative estimate of drug-likeness (QED) is 0.799. The first-order valence-electron chi connectivity index (χ1n) is 8.58. The number of hydrogen-bond acceptors (Lipinski definition) is 3. The van der Waals surface area contributed by atoms with E-state index in [0.717, 1.165) is 24.2 Å². The first-order chi connectivity index (χ1) is 12.3. The molecule has 0 saturated carbocycles. The van der Waals surface area contributed by atoms with E-state index in [-0.39, 0.29) is 11.8 Å². The predicted molar refractivity (Wildman–Crippen MR) is 95.6 cm³/mol. The van der Waals surface area contributed by atoms with Crippen molar-refractivity contribution in [3.63, 3.8) is 0 Å². The van der Waals surface area contributed by atoms with Crippen molar-refractivity contribution >= 4 is 5.91 Å². The molecule has 0 bridgehead atoms. The van der Waals surface area contributed by atoms with Crippen LogP contribution in [-0.4, -0.2) is 20.7 Å². The molecule has 3 aromatic rings. The summed E-state index contributed by atoms with van der Waals surface area (Å²) in [6, 6.07) is 18.6. The van der Waals surface area contributed by atoms with E-state index in [1.54, 1.807) is 6.33 Å². The molecule has 0 spiro atoms. The lowest BCUT2D eigenvalue weighted by Gasteiger charge is -2.21. The number of aryl methyl sites for hydroxylation is 1. The maximum Gasteiger partial charge on any atom is 0.225 e. The molecule has 2 aromatic carbocycles. The molecular weight excluding hydrogens is 312 g/mol. The van der Waals surface area contributed by atoms with Crippen molar-refractivity contribution in [1.82, 2.24) is 20.1 Å². The molecule has 1 aliphatic rings. The van der Waals surface area contributed by atoms with Crippen molar-refractivity contribution in [2.45, 2.75) is 25.9 Å². The second-order valence-corrected chi connectivity index (χ2v) is 6.37. The highest BCUT2D eigenvalue weighted by Crippen LogP contribution is 2.20. The molecular formula is C20H20N4O. The number of nitrogens with one attached hydrogen (secondary N) is 1. The van der Waals surface area contributed by atoms with E-state index in [4.69, 9.17) is 0 Å². The van der Waals surface area contributed by atoms with Crippen LogP contribution in [0, 0.1) is 5.92 Å². The van der Waals surface area contributed by atoms with Crippen molar-refractivity contribution in [1.29, 1.82) is 0 Å². The number of carbonyl (C=O) groups excluding carboxylic acids is 1. The maximum atomic E-state index is 12.4. The van der Waals surface area contributed by atoms with Gasteiger partial charge >= 0.3 is 0 Å². The fourth-order valence-corrected chi connectivity index (χ4v) is 3.23. The standard InChI is InChI=1S/C20H20N4O/c25-20(18-10-11-19-22-14-23-24(19)13-18)21-12-15-6-8-17(9-7-15)16-4-2-1-3-5-16/h1-9,14,18H,10-13H2,(H,21,25). The van der Waals surface area contributed by atoms with Gasteiger partial charge in [-0.25, -0.2) is 9.67 Å². The maximum absolute atomic E-state index is 12.4. The number of benzene rings is 2. The summed E-state index contributed by atoms with van der Waals surface area (Å²) in [5.74, 6) is 1.03. The zero-order valence-corrected chi connectivity index (χ0v) is 13.9. The summed E-state index contributed by atoms with van der Waals surface area (Å²) in [6.07, 6.45) is 3.20. The summed E-state index contributed by atoms with van der Waals surface area (Å²) >= 11 is 0. The van der Waals surface area contributed by atoms with Crippen LogP contribution in [0.15, 0.2) is 60.9 Å². The van der Waals surface area contributed by atoms with Crippen molar-refractivity contribution in [3.05, 3.63) is 72.3 Å². The van der Waals surface area contributed by atoms with E-state index in [0.29, 0.717) is 13.1 Å². The highest BCUT2D eigenvalue weighted by molar-refractivity contribution is 5.78. The molecule has 1 N–H and O–H groups in total. The minimum atomic E-state index is -0.0298. The molecule has 2 heterocycles. The highest BCUT2D eigenvalue weighted by Gasteiger charge is 2.25. The van der Waals surface area contributed by atoms with E-state index in [2.05, 4.69) is 51.8 Å². The van der Waals surface area contributed by atoms with Crippen LogP contribution >= 0.6 is 0 Å². The van der Waals surface area contributed by atoms with Crippen molar-refractivity contribution in [3.8, 4) is 11.1 Å². The Morgan fingerprint density at radius 2 is 1.84 bits per heavy atom. The summed E-state index contributed by atoms with van der Waals surface area (Å²) < 4.78 is 1.84. The van der Waals surface area contributed by atoms with Gasteiger partial charge in [0.15, 0.2) is 0 Å². The third kappa shape index (κ3) is 3.45. The SMILES string of the molecule is O=C(NCc1ccc(-c2ccccc2)cc1)C1CCc2ncnn2C1. The van der Waals surface area contributed by atoms with E-state index >= 15 is 0 Å². The summed E-state index contributed by atoms with van der Waals surface area (Å²) in [7, 11) is 0. The van der Waals surface area contributed by atoms with Gasteiger partial charge in [-0.2, -0.15) is 5.10 Å². The van der Waals surface area contributed by atoms with Crippen molar-refractivity contribution in [2.24, 2.45) is 5.92 Å². The molecule has 126 valence electrons. The van der Waals surface area contributed by atoms with Gasteiger partial charge < -0.3 is 5.32 Å². The lowest BCUT2D eigenvalue weighted by Crippen LogP contribution is -2.36. The zero-order valence-electron chi connectivity index (χ0n) is 13.9. The second-order valence-electron chi connectivity index (χ2n) is 6.37. The van der Waals surface area contributed by atoms with Crippen LogP contribution in [-0.2, 0) is 24.3 Å². The molecule has 5 heteroatoms. The molecule has 1 aliphatic heterocycles. The molecule has 4 rings (SSSR count). The van der Waals surface area contributed by atoms with Gasteiger partial charge in [0, 0.05) is 13.0 Å². The number of carbonyl (C=O) groups is 1. The smallest absolute Gasteiger partial charge is 0.225 e. The average molecular weight is 332 g/mol. The third-order valence-corrected chi connectivity index (χ3v) is 4.70. The molecule has 5 nitrogen and oxygen atoms in total. The number of aromatic nitrogens is 3. The Kier molecular flexibility index (Phi) is 4.29. The normalized spacial score (nSPS) is 16.2. The first-order valence-corrected chi connectivity index (χ1v) is 8.58. The van der Waals surface area contributed by atoms with Gasteiger partial charge in [-0.05, 0) is 23.1 Å². The number of amides is 1. The van der Waals surface area contributed by atoms with Gasteiger partial charge in [0.1, 0.15) is 12.2 Å². The highest BCUT2D eigenvalue weighted by atomic mass is 16.1. The van der Waals surface area contributed by atoms with Crippen molar-refractivity contribution < 1.29 is 4.79 Å². The topological polar surface area (TPSA) is 59.8 Å². The van der Waals surface area contributed by atoms with Crippen LogP contribution in [0.4, 0.5) is 0 Å². The lowest BCUT2D eigenvalue weighted by molar-refractivity contribution is -0.126. The minimum Gasteiger partial charge on any atom is -0.352 e. The fraction of sp³-hybridized carbons (Fsp3) is 0.250. The third-order valence-electron chi connectivity index (χ3n) is 4.70. The van der Waals surface area contributed by atoms with Gasteiger partial charge in [-0.3, -0.25) is 4.79 Å². The lowest BCUT2D eigenvalue weighted by atomic mass is 9.98. The molecule has 0 fully saturated rings. The fourth-order valence-electron chi connectivity index (χ4n) is 3.23. The molecule has 1 aromatic heterocycles. The predicted octanol–water partition coefficient (Wildman–Crippen LogP) is 2.82. The Morgan fingerprint density at radius 1 is 1.08 bits per heavy atom. The Bertz CT molecular complexity index is 855. The molecule has 0 saturated heterocycles. The van der Waals surface area contributed by atoms with Gasteiger partial charge in [-0.1, -0.05) is 54.6 Å². The van der Waals surface area contributed by atoms with Crippen LogP contribution in [0.2, 0.25) is 0 Å². The molecule has 1 atom stereocenters. The van der Waals surface area contributed by atoms with E-state index in [9.17, 15) is 4.79 Å². The van der Waals surface area contributed by atoms with E-state index < -0.39 is 0 Å². The summed E-state index contributed by atoms with van der Waals surface area (Å²) in [5.41, 5.74) is 3.48. The molecule has 1 unspecified atom stereocenters. The molecule has 0 radical (unpaired) electrons.